The van der Waals surface area contributed by atoms with E-state index in [1.54, 1.807) is 0 Å². The summed E-state index contributed by atoms with van der Waals surface area (Å²) < 4.78 is 11.4. The summed E-state index contributed by atoms with van der Waals surface area (Å²) in [4.78, 5) is 5.41. The molecule has 0 unspecified atom stereocenters. The van der Waals surface area contributed by atoms with Gasteiger partial charge in [0.05, 0.1) is 0 Å². The highest BCUT2D eigenvalue weighted by Gasteiger charge is 2.21. The molecule has 2 saturated heterocycles. The monoisotopic (exact) mass is 466 g/mol. The molecule has 0 amide bonds. The molecule has 0 aromatic heterocycles. The lowest BCUT2D eigenvalue weighted by Gasteiger charge is -2.33. The Balaban J connectivity index is 1.37. The second-order valence-electron chi connectivity index (χ2n) is 10.8. The van der Waals surface area contributed by atoms with Crippen molar-refractivity contribution in [3.63, 3.8) is 0 Å². The molecule has 2 fully saturated rings. The molecule has 2 rings (SSSR count). The van der Waals surface area contributed by atoms with Crippen LogP contribution in [0.1, 0.15) is 110 Å². The number of ether oxygens (including phenoxy) is 2. The second kappa shape index (κ2) is 20.1. The number of nitrogens with zero attached hydrogens (tertiary/aromatic N) is 2. The van der Waals surface area contributed by atoms with E-state index in [1.807, 2.05) is 0 Å². The SMILES string of the molecule is CCCCOCCCCN1CCC(CCCC2CCN(CCCCOCCCC)CC2)CC1. The zero-order chi connectivity index (χ0) is 23.4. The maximum Gasteiger partial charge on any atom is 0.0466 e. The van der Waals surface area contributed by atoms with E-state index >= 15 is 0 Å². The lowest BCUT2D eigenvalue weighted by atomic mass is 9.87. The first-order chi connectivity index (χ1) is 16.3. The minimum absolute atomic E-state index is 0.954. The van der Waals surface area contributed by atoms with Crippen LogP contribution in [0.25, 0.3) is 0 Å². The predicted octanol–water partition coefficient (Wildman–Crippen LogP) is 6.77. The van der Waals surface area contributed by atoms with Crippen molar-refractivity contribution in [3.8, 4) is 0 Å². The van der Waals surface area contributed by atoms with Crippen molar-refractivity contribution in [3.05, 3.63) is 0 Å². The summed E-state index contributed by atoms with van der Waals surface area (Å²) in [6.45, 7) is 16.2. The van der Waals surface area contributed by atoms with Crippen molar-refractivity contribution in [1.82, 2.24) is 9.80 Å². The van der Waals surface area contributed by atoms with Gasteiger partial charge in [-0.25, -0.2) is 0 Å². The molecule has 0 saturated carbocycles. The minimum Gasteiger partial charge on any atom is -0.381 e. The summed E-state index contributed by atoms with van der Waals surface area (Å²) in [5.41, 5.74) is 0. The molecule has 2 aliphatic heterocycles. The van der Waals surface area contributed by atoms with Gasteiger partial charge in [0.15, 0.2) is 0 Å². The average molecular weight is 467 g/mol. The van der Waals surface area contributed by atoms with Gasteiger partial charge in [0, 0.05) is 26.4 Å². The van der Waals surface area contributed by atoms with E-state index in [0.717, 1.165) is 38.3 Å². The molecule has 2 aliphatic rings. The molecule has 0 bridgehead atoms. The number of unbranched alkanes of at least 4 members (excludes halogenated alkanes) is 4. The van der Waals surface area contributed by atoms with Crippen LogP contribution in [0.5, 0.6) is 0 Å². The maximum absolute atomic E-state index is 5.69. The van der Waals surface area contributed by atoms with Gasteiger partial charge in [0.2, 0.25) is 0 Å². The molecular formula is C29H58N2O2. The van der Waals surface area contributed by atoms with E-state index in [1.165, 1.54) is 136 Å². The van der Waals surface area contributed by atoms with Gasteiger partial charge in [-0.05, 0) is 115 Å². The zero-order valence-corrected chi connectivity index (χ0v) is 22.5. The van der Waals surface area contributed by atoms with Crippen molar-refractivity contribution in [2.45, 2.75) is 110 Å². The summed E-state index contributed by atoms with van der Waals surface area (Å²) in [5.74, 6) is 2.00. The molecular weight excluding hydrogens is 408 g/mol. The first-order valence-corrected chi connectivity index (χ1v) is 14.9. The molecule has 0 radical (unpaired) electrons. The predicted molar refractivity (Wildman–Crippen MR) is 142 cm³/mol. The number of hydrogen-bond acceptors (Lipinski definition) is 4. The van der Waals surface area contributed by atoms with Gasteiger partial charge in [0.1, 0.15) is 0 Å². The average Bonchev–Trinajstić information content (AvgIpc) is 2.85. The number of rotatable bonds is 20. The van der Waals surface area contributed by atoms with Gasteiger partial charge in [-0.15, -0.1) is 0 Å². The van der Waals surface area contributed by atoms with Crippen molar-refractivity contribution < 1.29 is 9.47 Å². The van der Waals surface area contributed by atoms with Crippen molar-refractivity contribution in [2.24, 2.45) is 11.8 Å². The Morgan fingerprint density at radius 3 is 1.30 bits per heavy atom. The first kappa shape index (κ1) is 29.1. The third-order valence-electron chi connectivity index (χ3n) is 7.95. The Morgan fingerprint density at radius 2 is 0.909 bits per heavy atom. The van der Waals surface area contributed by atoms with E-state index in [4.69, 9.17) is 9.47 Å². The van der Waals surface area contributed by atoms with E-state index < -0.39 is 0 Å². The fourth-order valence-electron chi connectivity index (χ4n) is 5.47. The van der Waals surface area contributed by atoms with Crippen LogP contribution in [-0.4, -0.2) is 75.5 Å². The van der Waals surface area contributed by atoms with E-state index in [9.17, 15) is 0 Å². The van der Waals surface area contributed by atoms with Gasteiger partial charge in [-0.2, -0.15) is 0 Å². The Labute approximate surface area is 207 Å². The van der Waals surface area contributed by atoms with E-state index in [-0.39, 0.29) is 0 Å². The van der Waals surface area contributed by atoms with Gasteiger partial charge in [-0.1, -0.05) is 46.0 Å². The van der Waals surface area contributed by atoms with Crippen molar-refractivity contribution in [2.75, 3.05) is 65.7 Å². The van der Waals surface area contributed by atoms with Crippen LogP contribution in [0.15, 0.2) is 0 Å². The van der Waals surface area contributed by atoms with E-state index in [0.29, 0.717) is 0 Å². The summed E-state index contributed by atoms with van der Waals surface area (Å²) in [7, 11) is 0. The highest BCUT2D eigenvalue weighted by molar-refractivity contribution is 4.75. The maximum atomic E-state index is 5.69. The summed E-state index contributed by atoms with van der Waals surface area (Å²) in [5, 5.41) is 0. The fraction of sp³-hybridized carbons (Fsp3) is 1.00. The lowest BCUT2D eigenvalue weighted by molar-refractivity contribution is 0.118. The Hall–Kier alpha value is -0.160. The molecule has 0 aromatic rings. The molecule has 0 aromatic carbocycles. The Morgan fingerprint density at radius 1 is 0.515 bits per heavy atom. The number of hydrogen-bond donors (Lipinski definition) is 0. The molecule has 33 heavy (non-hydrogen) atoms. The molecule has 4 nitrogen and oxygen atoms in total. The van der Waals surface area contributed by atoms with Crippen LogP contribution in [0.2, 0.25) is 0 Å². The fourth-order valence-corrected chi connectivity index (χ4v) is 5.47. The molecule has 0 spiro atoms. The highest BCUT2D eigenvalue weighted by atomic mass is 16.5. The largest absolute Gasteiger partial charge is 0.381 e. The third kappa shape index (κ3) is 14.8. The minimum atomic E-state index is 0.954. The molecule has 0 aliphatic carbocycles. The van der Waals surface area contributed by atoms with Crippen LogP contribution < -0.4 is 0 Å². The Kier molecular flexibility index (Phi) is 17.7. The smallest absolute Gasteiger partial charge is 0.0466 e. The van der Waals surface area contributed by atoms with Gasteiger partial charge in [0.25, 0.3) is 0 Å². The quantitative estimate of drug-likeness (QED) is 0.185. The van der Waals surface area contributed by atoms with Crippen molar-refractivity contribution >= 4 is 0 Å². The number of piperidine rings is 2. The third-order valence-corrected chi connectivity index (χ3v) is 7.95. The van der Waals surface area contributed by atoms with Gasteiger partial charge in [-0.3, -0.25) is 0 Å². The summed E-state index contributed by atoms with van der Waals surface area (Å²) in [6, 6.07) is 0. The van der Waals surface area contributed by atoms with Crippen LogP contribution in [0.4, 0.5) is 0 Å². The molecule has 0 atom stereocenters. The Bertz CT molecular complexity index is 380. The summed E-state index contributed by atoms with van der Waals surface area (Å²) >= 11 is 0. The standard InChI is InChI=1S/C29H58N2O2/c1-3-5-24-32-26-9-7-18-30-20-14-28(15-21-30)12-11-13-29-16-22-31(23-17-29)19-8-10-27-33-25-6-4-2/h28-29H,3-27H2,1-2H3. The topological polar surface area (TPSA) is 24.9 Å². The van der Waals surface area contributed by atoms with Gasteiger partial charge < -0.3 is 19.3 Å². The van der Waals surface area contributed by atoms with Gasteiger partial charge >= 0.3 is 0 Å². The van der Waals surface area contributed by atoms with Crippen LogP contribution >= 0.6 is 0 Å². The normalized spacial score (nSPS) is 19.5. The molecule has 2 heterocycles. The van der Waals surface area contributed by atoms with E-state index in [2.05, 4.69) is 23.6 Å². The van der Waals surface area contributed by atoms with Crippen LogP contribution in [0.3, 0.4) is 0 Å². The molecule has 196 valence electrons. The zero-order valence-electron chi connectivity index (χ0n) is 22.5. The summed E-state index contributed by atoms with van der Waals surface area (Å²) in [6.07, 6.45) is 20.2. The van der Waals surface area contributed by atoms with Crippen LogP contribution in [0, 0.1) is 11.8 Å². The second-order valence-corrected chi connectivity index (χ2v) is 10.8. The number of likely N-dealkylation sites (tertiary alicyclic amines) is 2. The van der Waals surface area contributed by atoms with Crippen LogP contribution in [-0.2, 0) is 9.47 Å². The highest BCUT2D eigenvalue weighted by Crippen LogP contribution is 2.27. The molecule has 0 N–H and O–H groups in total. The van der Waals surface area contributed by atoms with Crippen molar-refractivity contribution in [1.29, 1.82) is 0 Å². The first-order valence-electron chi connectivity index (χ1n) is 14.9. The molecule has 4 heteroatoms. The lowest BCUT2D eigenvalue weighted by Crippen LogP contribution is -2.35.